The van der Waals surface area contributed by atoms with Crippen molar-refractivity contribution in [2.75, 3.05) is 40.0 Å². The summed E-state index contributed by atoms with van der Waals surface area (Å²) in [4.78, 5) is 4.40. The molecular weight excluding hydrogens is 501 g/mol. The first-order valence-corrected chi connectivity index (χ1v) is 11.0. The lowest BCUT2D eigenvalue weighted by atomic mass is 9.74. The zero-order valence-electron chi connectivity index (χ0n) is 18.7. The van der Waals surface area contributed by atoms with Crippen molar-refractivity contribution in [1.29, 1.82) is 0 Å². The van der Waals surface area contributed by atoms with Crippen molar-refractivity contribution in [3.8, 4) is 0 Å². The van der Waals surface area contributed by atoms with Crippen LogP contribution in [0.2, 0.25) is 0 Å². The maximum atomic E-state index is 5.96. The summed E-state index contributed by atoms with van der Waals surface area (Å²) in [5.41, 5.74) is 2.68. The number of hydrogen-bond acceptors (Lipinski definition) is 3. The molecule has 31 heavy (non-hydrogen) atoms. The van der Waals surface area contributed by atoms with E-state index in [4.69, 9.17) is 9.47 Å². The molecule has 0 amide bonds. The van der Waals surface area contributed by atoms with Crippen LogP contribution < -0.4 is 10.6 Å². The highest BCUT2D eigenvalue weighted by Gasteiger charge is 2.34. The molecule has 1 aliphatic rings. The van der Waals surface area contributed by atoms with Gasteiger partial charge in [0.2, 0.25) is 0 Å². The first-order chi connectivity index (χ1) is 14.7. The van der Waals surface area contributed by atoms with E-state index >= 15 is 0 Å². The molecule has 1 saturated heterocycles. The molecule has 6 heteroatoms. The standard InChI is InChI=1S/C25H35N3O2.HI/c1-21(22-10-5-3-6-11-22)30-17-9-16-27-24(26-2)28-20-25(14-18-29-19-15-25)23-12-7-4-8-13-23;/h3-8,10-13,21H,9,14-20H2,1-2H3,(H2,26,27,28);1H. The van der Waals surface area contributed by atoms with E-state index in [0.29, 0.717) is 6.61 Å². The fraction of sp³-hybridized carbons (Fsp3) is 0.480. The van der Waals surface area contributed by atoms with Crippen molar-refractivity contribution >= 4 is 29.9 Å². The summed E-state index contributed by atoms with van der Waals surface area (Å²) < 4.78 is 11.6. The molecular formula is C25H36IN3O2. The highest BCUT2D eigenvalue weighted by molar-refractivity contribution is 14.0. The van der Waals surface area contributed by atoms with Gasteiger partial charge in [-0.2, -0.15) is 0 Å². The van der Waals surface area contributed by atoms with Gasteiger partial charge < -0.3 is 20.1 Å². The molecule has 2 aromatic carbocycles. The van der Waals surface area contributed by atoms with E-state index in [1.54, 1.807) is 0 Å². The summed E-state index contributed by atoms with van der Waals surface area (Å²) in [5.74, 6) is 0.841. The van der Waals surface area contributed by atoms with Gasteiger partial charge in [-0.1, -0.05) is 60.7 Å². The van der Waals surface area contributed by atoms with E-state index in [0.717, 1.165) is 51.5 Å². The Morgan fingerprint density at radius 1 is 1.03 bits per heavy atom. The Morgan fingerprint density at radius 3 is 2.32 bits per heavy atom. The summed E-state index contributed by atoms with van der Waals surface area (Å²) >= 11 is 0. The molecule has 0 spiro atoms. The minimum Gasteiger partial charge on any atom is -0.381 e. The number of halogens is 1. The number of nitrogens with zero attached hydrogens (tertiary/aromatic N) is 1. The lowest BCUT2D eigenvalue weighted by Gasteiger charge is -2.38. The van der Waals surface area contributed by atoms with Crippen molar-refractivity contribution in [3.05, 3.63) is 71.8 Å². The van der Waals surface area contributed by atoms with Gasteiger partial charge in [-0.15, -0.1) is 24.0 Å². The van der Waals surface area contributed by atoms with Crippen molar-refractivity contribution < 1.29 is 9.47 Å². The number of hydrogen-bond donors (Lipinski definition) is 2. The molecule has 1 heterocycles. The molecule has 2 N–H and O–H groups in total. The fourth-order valence-electron chi connectivity index (χ4n) is 3.95. The predicted molar refractivity (Wildman–Crippen MR) is 138 cm³/mol. The Labute approximate surface area is 204 Å². The molecule has 0 radical (unpaired) electrons. The maximum Gasteiger partial charge on any atom is 0.191 e. The molecule has 0 bridgehead atoms. The van der Waals surface area contributed by atoms with Gasteiger partial charge in [-0.05, 0) is 37.3 Å². The van der Waals surface area contributed by atoms with Gasteiger partial charge in [-0.3, -0.25) is 4.99 Å². The summed E-state index contributed by atoms with van der Waals surface area (Å²) in [6.07, 6.45) is 3.08. The predicted octanol–water partition coefficient (Wildman–Crippen LogP) is 4.69. The van der Waals surface area contributed by atoms with Crippen molar-refractivity contribution in [2.24, 2.45) is 4.99 Å². The van der Waals surface area contributed by atoms with E-state index in [2.05, 4.69) is 65.0 Å². The molecule has 3 rings (SSSR count). The van der Waals surface area contributed by atoms with E-state index in [1.165, 1.54) is 11.1 Å². The Balaban J connectivity index is 0.00000341. The van der Waals surface area contributed by atoms with Crippen LogP contribution in [0.4, 0.5) is 0 Å². The van der Waals surface area contributed by atoms with Crippen molar-refractivity contribution in [1.82, 2.24) is 10.6 Å². The van der Waals surface area contributed by atoms with Gasteiger partial charge in [0.15, 0.2) is 5.96 Å². The number of rotatable bonds is 9. The second-order valence-electron chi connectivity index (χ2n) is 7.89. The number of benzene rings is 2. The topological polar surface area (TPSA) is 54.9 Å². The monoisotopic (exact) mass is 537 g/mol. The Hall–Kier alpha value is -1.64. The van der Waals surface area contributed by atoms with Gasteiger partial charge in [0, 0.05) is 45.4 Å². The van der Waals surface area contributed by atoms with Crippen LogP contribution in [0.5, 0.6) is 0 Å². The second-order valence-corrected chi connectivity index (χ2v) is 7.89. The SMILES string of the molecule is CN=C(NCCCOC(C)c1ccccc1)NCC1(c2ccccc2)CCOCC1.I. The van der Waals surface area contributed by atoms with Gasteiger partial charge in [-0.25, -0.2) is 0 Å². The first kappa shape index (κ1) is 25.6. The van der Waals surface area contributed by atoms with Gasteiger partial charge in [0.05, 0.1) is 6.10 Å². The lowest BCUT2D eigenvalue weighted by Crippen LogP contribution is -2.48. The molecule has 1 unspecified atom stereocenters. The van der Waals surface area contributed by atoms with E-state index in [9.17, 15) is 0 Å². The van der Waals surface area contributed by atoms with Gasteiger partial charge in [0.1, 0.15) is 0 Å². The Bertz CT molecular complexity index is 765. The van der Waals surface area contributed by atoms with Gasteiger partial charge in [0.25, 0.3) is 0 Å². The summed E-state index contributed by atoms with van der Waals surface area (Å²) in [5, 5.41) is 6.97. The van der Waals surface area contributed by atoms with E-state index in [1.807, 2.05) is 25.2 Å². The summed E-state index contributed by atoms with van der Waals surface area (Å²) in [6, 6.07) is 21.1. The van der Waals surface area contributed by atoms with Crippen LogP contribution in [0.25, 0.3) is 0 Å². The fourth-order valence-corrected chi connectivity index (χ4v) is 3.95. The smallest absolute Gasteiger partial charge is 0.191 e. The molecule has 170 valence electrons. The van der Waals surface area contributed by atoms with Crippen LogP contribution in [0, 0.1) is 0 Å². The molecule has 0 aromatic heterocycles. The molecule has 1 atom stereocenters. The maximum absolute atomic E-state index is 5.96. The molecule has 1 fully saturated rings. The van der Waals surface area contributed by atoms with Crippen LogP contribution in [-0.2, 0) is 14.9 Å². The van der Waals surface area contributed by atoms with Crippen LogP contribution >= 0.6 is 24.0 Å². The Kier molecular flexibility index (Phi) is 11.3. The normalized spacial score (nSPS) is 16.8. The average molecular weight is 537 g/mol. The zero-order valence-corrected chi connectivity index (χ0v) is 21.0. The number of guanidine groups is 1. The summed E-state index contributed by atoms with van der Waals surface area (Å²) in [7, 11) is 1.82. The Morgan fingerprint density at radius 2 is 1.68 bits per heavy atom. The first-order valence-electron chi connectivity index (χ1n) is 11.0. The molecule has 0 aliphatic carbocycles. The molecule has 0 saturated carbocycles. The van der Waals surface area contributed by atoms with Gasteiger partial charge >= 0.3 is 0 Å². The molecule has 1 aliphatic heterocycles. The third-order valence-electron chi connectivity index (χ3n) is 5.90. The largest absolute Gasteiger partial charge is 0.381 e. The molecule has 2 aromatic rings. The minimum absolute atomic E-state index is 0. The number of ether oxygens (including phenoxy) is 2. The third kappa shape index (κ3) is 7.77. The van der Waals surface area contributed by atoms with Crippen LogP contribution in [-0.4, -0.2) is 45.9 Å². The van der Waals surface area contributed by atoms with Crippen LogP contribution in [0.3, 0.4) is 0 Å². The average Bonchev–Trinajstić information content (AvgIpc) is 2.82. The van der Waals surface area contributed by atoms with E-state index < -0.39 is 0 Å². The summed E-state index contributed by atoms with van der Waals surface area (Å²) in [6.45, 7) is 6.09. The lowest BCUT2D eigenvalue weighted by molar-refractivity contribution is 0.0513. The van der Waals surface area contributed by atoms with E-state index in [-0.39, 0.29) is 35.5 Å². The quantitative estimate of drug-likeness (QED) is 0.211. The highest BCUT2D eigenvalue weighted by Crippen LogP contribution is 2.34. The molecule has 5 nitrogen and oxygen atoms in total. The van der Waals surface area contributed by atoms with Crippen LogP contribution in [0.15, 0.2) is 65.7 Å². The highest BCUT2D eigenvalue weighted by atomic mass is 127. The van der Waals surface area contributed by atoms with Crippen molar-refractivity contribution in [2.45, 2.75) is 37.7 Å². The number of nitrogens with one attached hydrogen (secondary N) is 2. The zero-order chi connectivity index (χ0) is 21.1. The third-order valence-corrected chi connectivity index (χ3v) is 5.90. The second kappa shape index (κ2) is 13.7. The number of aliphatic imine (C=N–C) groups is 1. The minimum atomic E-state index is 0. The van der Waals surface area contributed by atoms with Crippen LogP contribution in [0.1, 0.15) is 43.4 Å². The van der Waals surface area contributed by atoms with Crippen molar-refractivity contribution in [3.63, 3.8) is 0 Å².